The maximum absolute atomic E-state index is 12.1. The first-order valence-electron chi connectivity index (χ1n) is 7.59. The van der Waals surface area contributed by atoms with Crippen LogP contribution in [0.3, 0.4) is 0 Å². The number of methoxy groups -OCH3 is 1. The summed E-state index contributed by atoms with van der Waals surface area (Å²) in [6.45, 7) is 0. The third-order valence-electron chi connectivity index (χ3n) is 3.55. The minimum absolute atomic E-state index is 0.122. The molecule has 0 fully saturated rings. The second-order valence-corrected chi connectivity index (χ2v) is 5.71. The third kappa shape index (κ3) is 3.84. The number of rotatable bonds is 5. The Kier molecular flexibility index (Phi) is 5.19. The lowest BCUT2D eigenvalue weighted by Crippen LogP contribution is -2.18. The lowest BCUT2D eigenvalue weighted by molar-refractivity contribution is 0.0950. The number of carbonyl (C=O) groups is 1. The molecule has 0 bridgehead atoms. The van der Waals surface area contributed by atoms with Crippen molar-refractivity contribution < 1.29 is 14.6 Å². The average molecular weight is 371 g/mol. The molecule has 0 atom stereocenters. The fraction of sp³-hybridized carbons (Fsp3) is 0.0556. The number of aromatic nitrogens is 2. The Labute approximate surface area is 154 Å². The molecule has 0 aliphatic carbocycles. The third-order valence-corrected chi connectivity index (χ3v) is 3.77. The second-order valence-electron chi connectivity index (χ2n) is 5.28. The topological polar surface area (TPSA) is 99.6 Å². The molecular formula is C18H15ClN4O3. The number of hydrogen-bond donors (Lipinski definition) is 3. The summed E-state index contributed by atoms with van der Waals surface area (Å²) >= 11 is 5.95. The van der Waals surface area contributed by atoms with Crippen molar-refractivity contribution in [3.8, 4) is 22.8 Å². The number of ether oxygens (including phenoxy) is 1. The Morgan fingerprint density at radius 3 is 2.81 bits per heavy atom. The molecule has 0 aliphatic heterocycles. The number of phenolic OH excluding ortho intramolecular Hbond substituents is 1. The number of H-pyrrole nitrogens is 1. The van der Waals surface area contributed by atoms with Gasteiger partial charge in [-0.15, -0.1) is 0 Å². The number of aromatic amines is 1. The first kappa shape index (κ1) is 17.5. The van der Waals surface area contributed by atoms with E-state index in [0.717, 1.165) is 5.56 Å². The van der Waals surface area contributed by atoms with Crippen molar-refractivity contribution in [2.45, 2.75) is 0 Å². The zero-order valence-corrected chi connectivity index (χ0v) is 14.5. The molecule has 0 aliphatic rings. The van der Waals surface area contributed by atoms with Gasteiger partial charge in [0.15, 0.2) is 11.5 Å². The quantitative estimate of drug-likeness (QED) is 0.474. The van der Waals surface area contributed by atoms with Crippen molar-refractivity contribution in [1.29, 1.82) is 0 Å². The highest BCUT2D eigenvalue weighted by molar-refractivity contribution is 6.31. The van der Waals surface area contributed by atoms with Crippen LogP contribution < -0.4 is 10.2 Å². The number of hydrazone groups is 1. The molecule has 0 saturated heterocycles. The van der Waals surface area contributed by atoms with Crippen molar-refractivity contribution in [1.82, 2.24) is 15.6 Å². The van der Waals surface area contributed by atoms with Gasteiger partial charge in [0, 0.05) is 22.2 Å². The predicted molar refractivity (Wildman–Crippen MR) is 98.8 cm³/mol. The number of amides is 1. The predicted octanol–water partition coefficient (Wildman–Crippen LogP) is 3.21. The molecule has 1 aromatic heterocycles. The van der Waals surface area contributed by atoms with E-state index < -0.39 is 5.91 Å². The van der Waals surface area contributed by atoms with Gasteiger partial charge >= 0.3 is 0 Å². The molecule has 3 N–H and O–H groups in total. The van der Waals surface area contributed by atoms with Crippen molar-refractivity contribution in [2.75, 3.05) is 7.11 Å². The van der Waals surface area contributed by atoms with Crippen LogP contribution in [0.4, 0.5) is 0 Å². The number of benzene rings is 2. The molecule has 0 radical (unpaired) electrons. The highest BCUT2D eigenvalue weighted by atomic mass is 35.5. The number of nitrogens with zero attached hydrogens (tertiary/aromatic N) is 2. The molecule has 0 unspecified atom stereocenters. The number of hydrogen-bond acceptors (Lipinski definition) is 5. The lowest BCUT2D eigenvalue weighted by Gasteiger charge is -2.06. The minimum Gasteiger partial charge on any atom is -0.504 e. The fourth-order valence-corrected chi connectivity index (χ4v) is 2.48. The number of nitrogens with one attached hydrogen (secondary N) is 2. The zero-order valence-electron chi connectivity index (χ0n) is 13.7. The summed E-state index contributed by atoms with van der Waals surface area (Å²) in [5, 5.41) is 21.0. The molecule has 3 rings (SSSR count). The van der Waals surface area contributed by atoms with Crippen LogP contribution in [0.2, 0.25) is 5.02 Å². The average Bonchev–Trinajstić information content (AvgIpc) is 3.15. The summed E-state index contributed by atoms with van der Waals surface area (Å²) in [4.78, 5) is 12.1. The van der Waals surface area contributed by atoms with E-state index in [1.165, 1.54) is 25.5 Å². The van der Waals surface area contributed by atoms with Crippen molar-refractivity contribution >= 4 is 23.7 Å². The van der Waals surface area contributed by atoms with Crippen molar-refractivity contribution in [3.05, 3.63) is 64.8 Å². The molecule has 3 aromatic rings. The van der Waals surface area contributed by atoms with Gasteiger partial charge in [-0.2, -0.15) is 10.2 Å². The van der Waals surface area contributed by atoms with Gasteiger partial charge < -0.3 is 9.84 Å². The van der Waals surface area contributed by atoms with Gasteiger partial charge in [0.1, 0.15) is 5.69 Å². The molecule has 1 heterocycles. The molecule has 0 saturated carbocycles. The lowest BCUT2D eigenvalue weighted by atomic mass is 10.1. The maximum Gasteiger partial charge on any atom is 0.289 e. The Morgan fingerprint density at radius 1 is 1.31 bits per heavy atom. The van der Waals surface area contributed by atoms with Gasteiger partial charge in [-0.05, 0) is 12.1 Å². The molecule has 7 nitrogen and oxygen atoms in total. The molecule has 0 spiro atoms. The molecule has 8 heteroatoms. The summed E-state index contributed by atoms with van der Waals surface area (Å²) in [6, 6.07) is 14.1. The SMILES string of the molecule is COc1cc(Cl)cc(C=NNC(=O)c2cc(-c3ccccc3)n[nH]2)c1O. The van der Waals surface area contributed by atoms with E-state index in [9.17, 15) is 9.90 Å². The van der Waals surface area contributed by atoms with Crippen LogP contribution in [0.25, 0.3) is 11.3 Å². The summed E-state index contributed by atoms with van der Waals surface area (Å²) in [5.41, 5.74) is 4.47. The van der Waals surface area contributed by atoms with Crippen LogP contribution in [-0.2, 0) is 0 Å². The summed E-state index contributed by atoms with van der Waals surface area (Å²) in [5.74, 6) is -0.376. The van der Waals surface area contributed by atoms with Gasteiger partial charge in [-0.25, -0.2) is 5.43 Å². The van der Waals surface area contributed by atoms with Gasteiger partial charge in [0.25, 0.3) is 5.91 Å². The highest BCUT2D eigenvalue weighted by Gasteiger charge is 2.11. The number of phenols is 1. The summed E-state index contributed by atoms with van der Waals surface area (Å²) in [6.07, 6.45) is 1.27. The van der Waals surface area contributed by atoms with Crippen LogP contribution in [0.15, 0.2) is 53.6 Å². The van der Waals surface area contributed by atoms with Crippen LogP contribution in [-0.4, -0.2) is 34.5 Å². The van der Waals surface area contributed by atoms with Crippen LogP contribution in [0.1, 0.15) is 16.1 Å². The standard InChI is InChI=1S/C18H15ClN4O3/c1-26-16-8-13(19)7-12(17(16)24)10-20-23-18(25)15-9-14(21-22-15)11-5-3-2-4-6-11/h2-10,24H,1H3,(H,21,22)(H,23,25). The van der Waals surface area contributed by atoms with Crippen LogP contribution in [0.5, 0.6) is 11.5 Å². The largest absolute Gasteiger partial charge is 0.504 e. The molecule has 26 heavy (non-hydrogen) atoms. The van der Waals surface area contributed by atoms with Gasteiger partial charge in [0.05, 0.1) is 19.0 Å². The van der Waals surface area contributed by atoms with E-state index in [4.69, 9.17) is 16.3 Å². The van der Waals surface area contributed by atoms with Crippen molar-refractivity contribution in [2.24, 2.45) is 5.10 Å². The normalized spacial score (nSPS) is 10.8. The van der Waals surface area contributed by atoms with E-state index in [1.54, 1.807) is 6.07 Å². The first-order chi connectivity index (χ1) is 12.6. The zero-order chi connectivity index (χ0) is 18.5. The Balaban J connectivity index is 1.71. The smallest absolute Gasteiger partial charge is 0.289 e. The monoisotopic (exact) mass is 370 g/mol. The Bertz CT molecular complexity index is 954. The van der Waals surface area contributed by atoms with Crippen molar-refractivity contribution in [3.63, 3.8) is 0 Å². The Hall–Kier alpha value is -3.32. The summed E-state index contributed by atoms with van der Waals surface area (Å²) in [7, 11) is 1.41. The number of carbonyl (C=O) groups excluding carboxylic acids is 1. The molecule has 1 amide bonds. The van der Waals surface area contributed by atoms with Gasteiger partial charge in [-0.1, -0.05) is 41.9 Å². The molecule has 132 valence electrons. The van der Waals surface area contributed by atoms with E-state index >= 15 is 0 Å². The van der Waals surface area contributed by atoms with E-state index in [2.05, 4.69) is 20.7 Å². The van der Waals surface area contributed by atoms with E-state index in [1.807, 2.05) is 30.3 Å². The fourth-order valence-electron chi connectivity index (χ4n) is 2.26. The molecular weight excluding hydrogens is 356 g/mol. The summed E-state index contributed by atoms with van der Waals surface area (Å²) < 4.78 is 5.01. The van der Waals surface area contributed by atoms with Crippen LogP contribution >= 0.6 is 11.6 Å². The van der Waals surface area contributed by atoms with E-state index in [0.29, 0.717) is 16.3 Å². The molecule has 2 aromatic carbocycles. The maximum atomic E-state index is 12.1. The second kappa shape index (κ2) is 7.71. The first-order valence-corrected chi connectivity index (χ1v) is 7.97. The van der Waals surface area contributed by atoms with Crippen LogP contribution in [0, 0.1) is 0 Å². The minimum atomic E-state index is -0.468. The number of aromatic hydroxyl groups is 1. The number of halogens is 1. The van der Waals surface area contributed by atoms with Gasteiger partial charge in [-0.3, -0.25) is 9.89 Å². The highest BCUT2D eigenvalue weighted by Crippen LogP contribution is 2.32. The van der Waals surface area contributed by atoms with E-state index in [-0.39, 0.29) is 17.2 Å². The Morgan fingerprint density at radius 2 is 2.08 bits per heavy atom. The van der Waals surface area contributed by atoms with Gasteiger partial charge in [0.2, 0.25) is 0 Å².